The zero-order chi connectivity index (χ0) is 25.2. The van der Waals surface area contributed by atoms with Crippen LogP contribution in [-0.4, -0.2) is 35.4 Å². The molecule has 1 saturated carbocycles. The van der Waals surface area contributed by atoms with Crippen molar-refractivity contribution in [2.24, 2.45) is 0 Å². The summed E-state index contributed by atoms with van der Waals surface area (Å²) in [7, 11) is 0. The highest BCUT2D eigenvalue weighted by Crippen LogP contribution is 2.41. The highest BCUT2D eigenvalue weighted by Gasteiger charge is 2.63. The molecule has 0 N–H and O–H groups in total. The van der Waals surface area contributed by atoms with Crippen molar-refractivity contribution < 1.29 is 13.8 Å². The van der Waals surface area contributed by atoms with Crippen LogP contribution in [0.4, 0.5) is 0 Å². The molecule has 1 heterocycles. The van der Waals surface area contributed by atoms with Gasteiger partial charge in [0.15, 0.2) is 5.80 Å². The lowest BCUT2D eigenvalue weighted by Crippen LogP contribution is -2.67. The SMILES string of the molecule is CC(C)[N+](=C1O[B-](c2ccccc2)(c2ccccc2)O[B-]1(c1ccccc1)[C+]1CCCCC1)C(C)C. The molecule has 0 aromatic heterocycles. The minimum atomic E-state index is -1.95. The van der Waals surface area contributed by atoms with Gasteiger partial charge in [-0.25, -0.2) is 4.58 Å². The van der Waals surface area contributed by atoms with Crippen LogP contribution in [0.25, 0.3) is 0 Å². The fourth-order valence-corrected chi connectivity index (χ4v) is 6.78. The molecular formula is C31H39B2NO2. The normalized spacial score (nSPS) is 21.6. The highest BCUT2D eigenvalue weighted by molar-refractivity contribution is 7.22. The van der Waals surface area contributed by atoms with E-state index in [9.17, 15) is 0 Å². The summed E-state index contributed by atoms with van der Waals surface area (Å²) in [4.78, 5) is 0. The Labute approximate surface area is 217 Å². The lowest BCUT2D eigenvalue weighted by Gasteiger charge is -2.44. The fraction of sp³-hybridized carbons (Fsp3) is 0.355. The molecular weight excluding hydrogens is 440 g/mol. The predicted molar refractivity (Wildman–Crippen MR) is 154 cm³/mol. The van der Waals surface area contributed by atoms with Crippen LogP contribution in [0.15, 0.2) is 91.0 Å². The molecule has 1 atom stereocenters. The van der Waals surface area contributed by atoms with Gasteiger partial charge in [-0.05, 0) is 47.0 Å². The topological polar surface area (TPSA) is 21.5 Å². The van der Waals surface area contributed by atoms with Crippen molar-refractivity contribution >= 4 is 35.1 Å². The van der Waals surface area contributed by atoms with E-state index in [1.807, 2.05) is 0 Å². The van der Waals surface area contributed by atoms with Crippen molar-refractivity contribution in [1.29, 1.82) is 0 Å². The number of hydrogen-bond donors (Lipinski definition) is 0. The van der Waals surface area contributed by atoms with E-state index in [2.05, 4.69) is 123 Å². The van der Waals surface area contributed by atoms with Gasteiger partial charge in [-0.15, -0.1) is 16.4 Å². The Balaban J connectivity index is 1.86. The molecule has 186 valence electrons. The maximum Gasteiger partial charge on any atom is 0.435 e. The third kappa shape index (κ3) is 4.18. The van der Waals surface area contributed by atoms with Gasteiger partial charge in [-0.2, -0.15) is 0 Å². The molecule has 0 spiro atoms. The summed E-state index contributed by atoms with van der Waals surface area (Å²) in [5, 5.41) is 0. The van der Waals surface area contributed by atoms with Crippen molar-refractivity contribution in [3.05, 3.63) is 96.8 Å². The van der Waals surface area contributed by atoms with E-state index in [0.29, 0.717) is 0 Å². The molecule has 3 nitrogen and oxygen atoms in total. The number of benzene rings is 3. The van der Waals surface area contributed by atoms with E-state index in [-0.39, 0.29) is 12.1 Å². The molecule has 1 unspecified atom stereocenters. The van der Waals surface area contributed by atoms with Gasteiger partial charge < -0.3 is 9.23 Å². The molecule has 5 heteroatoms. The van der Waals surface area contributed by atoms with Crippen LogP contribution < -0.4 is 16.4 Å². The summed E-state index contributed by atoms with van der Waals surface area (Å²) in [6.07, 6.45) is 4.18. The van der Waals surface area contributed by atoms with E-state index < -0.39 is 12.9 Å². The summed E-state index contributed by atoms with van der Waals surface area (Å²) >= 11 is 0. The van der Waals surface area contributed by atoms with Gasteiger partial charge in [-0.1, -0.05) is 96.8 Å². The zero-order valence-electron chi connectivity index (χ0n) is 22.3. The van der Waals surface area contributed by atoms with Crippen LogP contribution in [0.2, 0.25) is 0 Å². The molecule has 0 bridgehead atoms. The average molecular weight is 479 g/mol. The first kappa shape index (κ1) is 24.8. The number of hydrogen-bond acceptors (Lipinski definition) is 2. The van der Waals surface area contributed by atoms with Gasteiger partial charge in [0, 0.05) is 12.8 Å². The average Bonchev–Trinajstić information content (AvgIpc) is 3.28. The van der Waals surface area contributed by atoms with Crippen LogP contribution in [0, 0.1) is 5.82 Å². The second-order valence-electron chi connectivity index (χ2n) is 11.1. The minimum absolute atomic E-state index is 0.274. The third-order valence-electron chi connectivity index (χ3n) is 8.21. The molecule has 36 heavy (non-hydrogen) atoms. The van der Waals surface area contributed by atoms with Crippen LogP contribution in [0.3, 0.4) is 0 Å². The molecule has 3 aromatic rings. The Morgan fingerprint density at radius 3 is 1.53 bits per heavy atom. The first-order valence-electron chi connectivity index (χ1n) is 13.8. The van der Waals surface area contributed by atoms with Crippen molar-refractivity contribution in [2.75, 3.05) is 0 Å². The van der Waals surface area contributed by atoms with Crippen molar-refractivity contribution in [3.63, 3.8) is 0 Å². The Morgan fingerprint density at radius 1 is 0.639 bits per heavy atom. The molecule has 1 saturated heterocycles. The van der Waals surface area contributed by atoms with Crippen molar-refractivity contribution in [2.45, 2.75) is 71.9 Å². The second kappa shape index (κ2) is 10.2. The lowest BCUT2D eigenvalue weighted by atomic mass is 9.25. The molecule has 0 amide bonds. The molecule has 5 rings (SSSR count). The molecule has 0 radical (unpaired) electrons. The Bertz CT molecular complexity index is 1130. The second-order valence-corrected chi connectivity index (χ2v) is 11.1. The van der Waals surface area contributed by atoms with Crippen LogP contribution >= 0.6 is 0 Å². The van der Waals surface area contributed by atoms with Gasteiger partial charge in [0.1, 0.15) is 12.1 Å². The van der Waals surface area contributed by atoms with Gasteiger partial charge >= 0.3 is 12.9 Å². The Hall–Kier alpha value is -2.91. The monoisotopic (exact) mass is 479 g/mol. The smallest absolute Gasteiger partial charge is 0.435 e. The molecule has 1 aliphatic heterocycles. The first-order chi connectivity index (χ1) is 17.5. The van der Waals surface area contributed by atoms with E-state index in [0.717, 1.165) is 29.6 Å². The summed E-state index contributed by atoms with van der Waals surface area (Å²) in [5.74, 6) is 2.51. The van der Waals surface area contributed by atoms with Crippen LogP contribution in [0.5, 0.6) is 0 Å². The van der Waals surface area contributed by atoms with E-state index >= 15 is 0 Å². The minimum Gasteiger partial charge on any atom is -0.727 e. The van der Waals surface area contributed by atoms with Crippen molar-refractivity contribution in [3.8, 4) is 0 Å². The number of nitrogens with zero attached hydrogens (tertiary/aromatic N) is 1. The molecule has 1 aliphatic carbocycles. The summed E-state index contributed by atoms with van der Waals surface area (Å²) in [5.41, 5.74) is 3.40. The van der Waals surface area contributed by atoms with Gasteiger partial charge in [-0.3, -0.25) is 0 Å². The lowest BCUT2D eigenvalue weighted by molar-refractivity contribution is -0.591. The number of rotatable bonds is 6. The van der Waals surface area contributed by atoms with E-state index in [1.54, 1.807) is 0 Å². The standard InChI is InChI=1S/C31H39B2NO2/c1-25(2)34(26(3)4)31-32(27-17-9-5-10-18-27,28-19-11-6-12-20-28)36-33(35-31,29-21-13-7-14-22-29)30-23-15-8-16-24-30/h5,7-10,13-18,21-26H,6,11-12,19-20H2,1-4H3. The van der Waals surface area contributed by atoms with Gasteiger partial charge in [0.2, 0.25) is 0 Å². The van der Waals surface area contributed by atoms with Gasteiger partial charge in [0.05, 0.1) is 0 Å². The summed E-state index contributed by atoms with van der Waals surface area (Å²) in [6.45, 7) is 7.13. The van der Waals surface area contributed by atoms with Gasteiger partial charge in [0.25, 0.3) is 0 Å². The molecule has 3 aromatic carbocycles. The highest BCUT2D eigenvalue weighted by atomic mass is 16.6. The third-order valence-corrected chi connectivity index (χ3v) is 8.21. The van der Waals surface area contributed by atoms with E-state index in [4.69, 9.17) is 9.23 Å². The maximum absolute atomic E-state index is 7.72. The fourth-order valence-electron chi connectivity index (χ4n) is 6.78. The largest absolute Gasteiger partial charge is 0.727 e. The van der Waals surface area contributed by atoms with Crippen molar-refractivity contribution in [1.82, 2.24) is 0 Å². The zero-order valence-corrected chi connectivity index (χ0v) is 22.3. The molecule has 2 aliphatic rings. The van der Waals surface area contributed by atoms with Crippen LogP contribution in [0.1, 0.15) is 59.8 Å². The first-order valence-corrected chi connectivity index (χ1v) is 13.8. The quantitative estimate of drug-likeness (QED) is 0.283. The Morgan fingerprint density at radius 2 is 1.08 bits per heavy atom. The molecule has 2 fully saturated rings. The Kier molecular flexibility index (Phi) is 7.03. The maximum atomic E-state index is 7.72. The van der Waals surface area contributed by atoms with E-state index in [1.165, 1.54) is 30.5 Å². The predicted octanol–water partition coefficient (Wildman–Crippen LogP) is 4.99. The summed E-state index contributed by atoms with van der Waals surface area (Å²) in [6, 6.07) is 32.7. The van der Waals surface area contributed by atoms with Crippen LogP contribution in [-0.2, 0) is 9.23 Å². The summed E-state index contributed by atoms with van der Waals surface area (Å²) < 4.78 is 17.6.